The van der Waals surface area contributed by atoms with Gasteiger partial charge in [-0.15, -0.1) is 0 Å². The maximum Gasteiger partial charge on any atom is 0.280 e. The number of anilines is 1. The lowest BCUT2D eigenvalue weighted by atomic mass is 10.1. The Labute approximate surface area is 175 Å². The summed E-state index contributed by atoms with van der Waals surface area (Å²) >= 11 is 0. The van der Waals surface area contributed by atoms with Gasteiger partial charge in [-0.2, -0.15) is 10.1 Å². The molecule has 2 aromatic carbocycles. The largest absolute Gasteiger partial charge is 0.545 e. The molecule has 7 heteroatoms. The SMILES string of the molecule is CCCOc1ccc(/C=C2/C(=O)N(c3ccc(C(=O)[O-])cc3)N=C2C)cc1OCC. The molecule has 1 aliphatic rings. The number of hydrogen-bond donors (Lipinski definition) is 0. The number of benzene rings is 2. The first kappa shape index (κ1) is 21.1. The Kier molecular flexibility index (Phi) is 6.51. The van der Waals surface area contributed by atoms with Crippen molar-refractivity contribution in [2.45, 2.75) is 27.2 Å². The summed E-state index contributed by atoms with van der Waals surface area (Å²) in [4.78, 5) is 23.8. The zero-order chi connectivity index (χ0) is 21.7. The summed E-state index contributed by atoms with van der Waals surface area (Å²) in [6.07, 6.45) is 2.64. The fourth-order valence-corrected chi connectivity index (χ4v) is 2.98. The molecule has 0 unspecified atom stereocenters. The van der Waals surface area contributed by atoms with E-state index in [-0.39, 0.29) is 11.5 Å². The number of aromatic carboxylic acids is 1. The predicted octanol–water partition coefficient (Wildman–Crippen LogP) is 3.04. The van der Waals surface area contributed by atoms with Crippen molar-refractivity contribution in [2.24, 2.45) is 5.10 Å². The number of carbonyl (C=O) groups excluding carboxylic acids is 2. The van der Waals surface area contributed by atoms with Crippen LogP contribution in [-0.2, 0) is 4.79 Å². The van der Waals surface area contributed by atoms with E-state index in [0.717, 1.165) is 12.0 Å². The quantitative estimate of drug-likeness (QED) is 0.627. The van der Waals surface area contributed by atoms with Crippen molar-refractivity contribution in [3.63, 3.8) is 0 Å². The number of carboxylic acids is 1. The molecule has 1 aliphatic heterocycles. The number of hydrazone groups is 1. The first-order valence-electron chi connectivity index (χ1n) is 9.77. The van der Waals surface area contributed by atoms with Crippen LogP contribution in [0.5, 0.6) is 11.5 Å². The van der Waals surface area contributed by atoms with Crippen molar-refractivity contribution >= 4 is 29.4 Å². The minimum atomic E-state index is -1.27. The first-order chi connectivity index (χ1) is 14.4. The second-order valence-corrected chi connectivity index (χ2v) is 6.68. The van der Waals surface area contributed by atoms with Gasteiger partial charge in [-0.05, 0) is 61.7 Å². The molecule has 1 amide bonds. The maximum atomic E-state index is 12.9. The third-order valence-electron chi connectivity index (χ3n) is 4.45. The van der Waals surface area contributed by atoms with Crippen LogP contribution in [0.2, 0.25) is 0 Å². The maximum absolute atomic E-state index is 12.9. The van der Waals surface area contributed by atoms with Crippen LogP contribution in [0, 0.1) is 0 Å². The van der Waals surface area contributed by atoms with Gasteiger partial charge in [0.1, 0.15) is 0 Å². The van der Waals surface area contributed by atoms with Gasteiger partial charge < -0.3 is 19.4 Å². The molecule has 0 N–H and O–H groups in total. The van der Waals surface area contributed by atoms with E-state index in [2.05, 4.69) is 5.10 Å². The van der Waals surface area contributed by atoms with Gasteiger partial charge in [0, 0.05) is 0 Å². The highest BCUT2D eigenvalue weighted by Gasteiger charge is 2.28. The standard InChI is InChI=1S/C23H24N2O5/c1-4-12-30-20-11-6-16(14-21(20)29-5-2)13-19-15(3)24-25(22(19)26)18-9-7-17(8-10-18)23(27)28/h6-11,13-14H,4-5,12H2,1-3H3,(H,27,28)/p-1/b19-13+. The fourth-order valence-electron chi connectivity index (χ4n) is 2.98. The molecule has 3 rings (SSSR count). The van der Waals surface area contributed by atoms with Crippen LogP contribution in [0.3, 0.4) is 0 Å². The number of nitrogens with zero attached hydrogens (tertiary/aromatic N) is 2. The van der Waals surface area contributed by atoms with Crippen LogP contribution in [0.4, 0.5) is 5.69 Å². The summed E-state index contributed by atoms with van der Waals surface area (Å²) < 4.78 is 11.4. The van der Waals surface area contributed by atoms with E-state index in [9.17, 15) is 14.7 Å². The molecule has 0 spiro atoms. The van der Waals surface area contributed by atoms with Crippen LogP contribution >= 0.6 is 0 Å². The number of ether oxygens (including phenoxy) is 2. The Morgan fingerprint density at radius 1 is 1.10 bits per heavy atom. The summed E-state index contributed by atoms with van der Waals surface area (Å²) in [5, 5.41) is 16.5. The second kappa shape index (κ2) is 9.26. The third-order valence-corrected chi connectivity index (χ3v) is 4.45. The molecule has 1 heterocycles. The fraction of sp³-hybridized carbons (Fsp3) is 0.261. The Balaban J connectivity index is 1.87. The summed E-state index contributed by atoms with van der Waals surface area (Å²) in [6.45, 7) is 6.77. The number of hydrogen-bond acceptors (Lipinski definition) is 6. The van der Waals surface area contributed by atoms with Crippen LogP contribution < -0.4 is 19.6 Å². The number of carboxylic acid groups (broad SMARTS) is 1. The molecule has 2 aromatic rings. The number of amides is 1. The topological polar surface area (TPSA) is 91.3 Å². The highest BCUT2D eigenvalue weighted by Crippen LogP contribution is 2.31. The molecule has 0 bridgehead atoms. The molecule has 156 valence electrons. The minimum absolute atomic E-state index is 0.0377. The van der Waals surface area contributed by atoms with Gasteiger partial charge in [0.25, 0.3) is 5.91 Å². The van der Waals surface area contributed by atoms with E-state index in [0.29, 0.717) is 41.7 Å². The van der Waals surface area contributed by atoms with E-state index >= 15 is 0 Å². The Hall–Kier alpha value is -3.61. The lowest BCUT2D eigenvalue weighted by molar-refractivity contribution is -0.255. The third kappa shape index (κ3) is 4.51. The molecule has 0 aromatic heterocycles. The highest BCUT2D eigenvalue weighted by molar-refractivity contribution is 6.32. The lowest BCUT2D eigenvalue weighted by Crippen LogP contribution is -2.23. The molecule has 0 radical (unpaired) electrons. The molecule has 7 nitrogen and oxygen atoms in total. The lowest BCUT2D eigenvalue weighted by Gasteiger charge is -2.13. The molecular weight excluding hydrogens is 384 g/mol. The average Bonchev–Trinajstić information content (AvgIpc) is 3.02. The molecule has 0 aliphatic carbocycles. The van der Waals surface area contributed by atoms with E-state index in [4.69, 9.17) is 9.47 Å². The van der Waals surface area contributed by atoms with E-state index in [1.165, 1.54) is 29.3 Å². The van der Waals surface area contributed by atoms with Crippen LogP contribution in [0.15, 0.2) is 53.1 Å². The van der Waals surface area contributed by atoms with Gasteiger partial charge in [0.05, 0.1) is 36.2 Å². The van der Waals surface area contributed by atoms with Gasteiger partial charge in [0.2, 0.25) is 0 Å². The molecule has 30 heavy (non-hydrogen) atoms. The monoisotopic (exact) mass is 407 g/mol. The number of rotatable bonds is 8. The molecule has 0 saturated heterocycles. The van der Waals surface area contributed by atoms with Gasteiger partial charge in [0.15, 0.2) is 11.5 Å². The van der Waals surface area contributed by atoms with Crippen molar-refractivity contribution in [2.75, 3.05) is 18.2 Å². The zero-order valence-corrected chi connectivity index (χ0v) is 17.2. The van der Waals surface area contributed by atoms with Gasteiger partial charge in [-0.25, -0.2) is 0 Å². The minimum Gasteiger partial charge on any atom is -0.545 e. The Morgan fingerprint density at radius 2 is 1.83 bits per heavy atom. The summed E-state index contributed by atoms with van der Waals surface area (Å²) in [7, 11) is 0. The predicted molar refractivity (Wildman–Crippen MR) is 113 cm³/mol. The van der Waals surface area contributed by atoms with Crippen molar-refractivity contribution < 1.29 is 24.2 Å². The van der Waals surface area contributed by atoms with E-state index in [1.807, 2.05) is 32.0 Å². The smallest absolute Gasteiger partial charge is 0.280 e. The zero-order valence-electron chi connectivity index (χ0n) is 17.2. The summed E-state index contributed by atoms with van der Waals surface area (Å²) in [5.41, 5.74) is 2.31. The van der Waals surface area contributed by atoms with Crippen molar-refractivity contribution in [3.8, 4) is 11.5 Å². The molecule has 0 atom stereocenters. The van der Waals surface area contributed by atoms with Gasteiger partial charge in [-0.3, -0.25) is 4.79 Å². The summed E-state index contributed by atoms with van der Waals surface area (Å²) in [6, 6.07) is 11.3. The number of carbonyl (C=O) groups is 2. The first-order valence-corrected chi connectivity index (χ1v) is 9.77. The van der Waals surface area contributed by atoms with E-state index in [1.54, 1.807) is 13.0 Å². The van der Waals surface area contributed by atoms with Crippen LogP contribution in [0.25, 0.3) is 6.08 Å². The van der Waals surface area contributed by atoms with Crippen molar-refractivity contribution in [3.05, 3.63) is 59.2 Å². The molecular formula is C23H23N2O5-. The Bertz CT molecular complexity index is 1010. The normalized spacial score (nSPS) is 14.8. The van der Waals surface area contributed by atoms with Crippen LogP contribution in [-0.4, -0.2) is 30.8 Å². The van der Waals surface area contributed by atoms with Gasteiger partial charge >= 0.3 is 0 Å². The Morgan fingerprint density at radius 3 is 2.47 bits per heavy atom. The van der Waals surface area contributed by atoms with Crippen LogP contribution in [0.1, 0.15) is 43.1 Å². The second-order valence-electron chi connectivity index (χ2n) is 6.68. The van der Waals surface area contributed by atoms with E-state index < -0.39 is 5.97 Å². The van der Waals surface area contributed by atoms with Crippen molar-refractivity contribution in [1.82, 2.24) is 0 Å². The molecule has 0 fully saturated rings. The highest BCUT2D eigenvalue weighted by atomic mass is 16.5. The average molecular weight is 407 g/mol. The summed E-state index contributed by atoms with van der Waals surface area (Å²) in [5.74, 6) is -0.280. The van der Waals surface area contributed by atoms with Gasteiger partial charge in [-0.1, -0.05) is 25.1 Å². The van der Waals surface area contributed by atoms with Crippen molar-refractivity contribution in [1.29, 1.82) is 0 Å². The molecule has 0 saturated carbocycles.